The van der Waals surface area contributed by atoms with Gasteiger partial charge in [-0.15, -0.1) is 0 Å². The van der Waals surface area contributed by atoms with Gasteiger partial charge in [-0.2, -0.15) is 4.31 Å². The van der Waals surface area contributed by atoms with Gasteiger partial charge in [-0.05, 0) is 44.0 Å². The van der Waals surface area contributed by atoms with E-state index in [1.165, 1.54) is 23.5 Å². The summed E-state index contributed by atoms with van der Waals surface area (Å²) in [5.41, 5.74) is 0. The summed E-state index contributed by atoms with van der Waals surface area (Å²) in [6.07, 6.45) is 1.07. The van der Waals surface area contributed by atoms with Gasteiger partial charge in [-0.3, -0.25) is 4.79 Å². The van der Waals surface area contributed by atoms with Gasteiger partial charge in [-0.25, -0.2) is 8.42 Å². The lowest BCUT2D eigenvalue weighted by molar-refractivity contribution is -0.119. The van der Waals surface area contributed by atoms with Crippen LogP contribution in [-0.4, -0.2) is 43.5 Å². The van der Waals surface area contributed by atoms with Crippen molar-refractivity contribution in [2.24, 2.45) is 0 Å². The maximum Gasteiger partial charge on any atom is 0.244 e. The molecule has 1 aromatic heterocycles. The van der Waals surface area contributed by atoms with Crippen molar-refractivity contribution in [1.29, 1.82) is 0 Å². The number of carbonyl (C=O) groups is 1. The number of anilines is 1. The van der Waals surface area contributed by atoms with Gasteiger partial charge in [0.2, 0.25) is 15.9 Å². The molecule has 8 nitrogen and oxygen atoms in total. The van der Waals surface area contributed by atoms with E-state index in [-0.39, 0.29) is 10.7 Å². The van der Waals surface area contributed by atoms with Gasteiger partial charge in [0.25, 0.3) is 0 Å². The van der Waals surface area contributed by atoms with Crippen LogP contribution in [0.1, 0.15) is 18.6 Å². The fraction of sp³-hybridized carbons (Fsp3) is 0.375. The summed E-state index contributed by atoms with van der Waals surface area (Å²) in [5, 5.41) is 6.31. The number of amides is 1. The number of hydrogen-bond acceptors (Lipinski definition) is 6. The van der Waals surface area contributed by atoms with Crippen LogP contribution in [0.15, 0.2) is 39.8 Å². The van der Waals surface area contributed by atoms with Crippen molar-refractivity contribution in [3.8, 4) is 5.75 Å². The number of sulfonamides is 1. The van der Waals surface area contributed by atoms with Crippen molar-refractivity contribution in [3.63, 3.8) is 0 Å². The lowest BCUT2D eigenvalue weighted by Crippen LogP contribution is -2.43. The Balaban J connectivity index is 1.80. The maximum absolute atomic E-state index is 12.9. The molecule has 0 spiro atoms. The molecular weight excluding hydrogens is 346 g/mol. The first kappa shape index (κ1) is 17.4. The molecule has 1 fully saturated rings. The van der Waals surface area contributed by atoms with Crippen LogP contribution in [0.3, 0.4) is 0 Å². The fourth-order valence-electron chi connectivity index (χ4n) is 2.81. The minimum absolute atomic E-state index is 0.130. The van der Waals surface area contributed by atoms with E-state index in [1.54, 1.807) is 25.1 Å². The molecule has 0 saturated carbocycles. The van der Waals surface area contributed by atoms with E-state index in [9.17, 15) is 13.2 Å². The third-order valence-corrected chi connectivity index (χ3v) is 5.97. The highest BCUT2D eigenvalue weighted by Crippen LogP contribution is 2.28. The predicted molar refractivity (Wildman–Crippen MR) is 89.8 cm³/mol. The van der Waals surface area contributed by atoms with Crippen molar-refractivity contribution in [1.82, 2.24) is 9.46 Å². The van der Waals surface area contributed by atoms with Crippen molar-refractivity contribution in [2.75, 3.05) is 19.0 Å². The molecular formula is C16H19N3O5S. The van der Waals surface area contributed by atoms with E-state index in [0.29, 0.717) is 30.9 Å². The van der Waals surface area contributed by atoms with Crippen LogP contribution < -0.4 is 10.1 Å². The number of carbonyl (C=O) groups excluding carboxylic acids is 1. The minimum Gasteiger partial charge on any atom is -0.497 e. The number of hydrogen-bond donors (Lipinski definition) is 1. The first-order valence-electron chi connectivity index (χ1n) is 7.82. The number of nitrogens with one attached hydrogen (secondary N) is 1. The topological polar surface area (TPSA) is 102 Å². The molecule has 2 heterocycles. The molecule has 0 aliphatic carbocycles. The normalized spacial score (nSPS) is 18.2. The summed E-state index contributed by atoms with van der Waals surface area (Å²) < 4.78 is 36.9. The Morgan fingerprint density at radius 2 is 2.08 bits per heavy atom. The average molecular weight is 365 g/mol. The SMILES string of the molecule is COc1ccc(S(=O)(=O)N2CCCC2C(=O)Nc2cc(C)on2)cc1. The molecule has 134 valence electrons. The molecule has 1 aliphatic rings. The molecule has 1 unspecified atom stereocenters. The van der Waals surface area contributed by atoms with E-state index in [0.717, 1.165) is 0 Å². The van der Waals surface area contributed by atoms with E-state index in [2.05, 4.69) is 10.5 Å². The Kier molecular flexibility index (Phi) is 4.78. The monoisotopic (exact) mass is 365 g/mol. The zero-order chi connectivity index (χ0) is 18.0. The van der Waals surface area contributed by atoms with Gasteiger partial charge < -0.3 is 14.6 Å². The minimum atomic E-state index is -3.77. The van der Waals surface area contributed by atoms with Crippen LogP contribution in [0.4, 0.5) is 5.82 Å². The second-order valence-corrected chi connectivity index (χ2v) is 7.65. The quantitative estimate of drug-likeness (QED) is 0.867. The first-order valence-corrected chi connectivity index (χ1v) is 9.26. The number of benzene rings is 1. The summed E-state index contributed by atoms with van der Waals surface area (Å²) >= 11 is 0. The number of methoxy groups -OCH3 is 1. The highest BCUT2D eigenvalue weighted by atomic mass is 32.2. The van der Waals surface area contributed by atoms with E-state index in [4.69, 9.17) is 9.26 Å². The number of rotatable bonds is 5. The lowest BCUT2D eigenvalue weighted by Gasteiger charge is -2.23. The Hall–Kier alpha value is -2.39. The first-order chi connectivity index (χ1) is 11.9. The van der Waals surface area contributed by atoms with Gasteiger partial charge in [0.05, 0.1) is 12.0 Å². The van der Waals surface area contributed by atoms with Crippen LogP contribution >= 0.6 is 0 Å². The number of aromatic nitrogens is 1. The van der Waals surface area contributed by atoms with Crippen LogP contribution in [0.25, 0.3) is 0 Å². The predicted octanol–water partition coefficient (Wildman–Crippen LogP) is 1.78. The number of ether oxygens (including phenoxy) is 1. The molecule has 0 bridgehead atoms. The Bertz CT molecular complexity index is 860. The smallest absolute Gasteiger partial charge is 0.244 e. The van der Waals surface area contributed by atoms with E-state index in [1.807, 2.05) is 0 Å². The third kappa shape index (κ3) is 3.52. The zero-order valence-corrected chi connectivity index (χ0v) is 14.7. The largest absolute Gasteiger partial charge is 0.497 e. The summed E-state index contributed by atoms with van der Waals surface area (Å²) in [4.78, 5) is 12.6. The van der Waals surface area contributed by atoms with Crippen molar-refractivity contribution >= 4 is 21.7 Å². The summed E-state index contributed by atoms with van der Waals surface area (Å²) in [7, 11) is -2.26. The molecule has 25 heavy (non-hydrogen) atoms. The van der Waals surface area contributed by atoms with Crippen molar-refractivity contribution < 1.29 is 22.5 Å². The van der Waals surface area contributed by atoms with Gasteiger partial charge >= 0.3 is 0 Å². The van der Waals surface area contributed by atoms with Crippen molar-refractivity contribution in [2.45, 2.75) is 30.7 Å². The zero-order valence-electron chi connectivity index (χ0n) is 13.9. The Labute approximate surface area is 145 Å². The number of aryl methyl sites for hydroxylation is 1. The molecule has 1 aromatic carbocycles. The van der Waals surface area contributed by atoms with Crippen LogP contribution in [0.2, 0.25) is 0 Å². The Morgan fingerprint density at radius 1 is 1.36 bits per heavy atom. The van der Waals surface area contributed by atoms with Gasteiger partial charge in [0, 0.05) is 12.6 Å². The van der Waals surface area contributed by atoms with Gasteiger partial charge in [0.15, 0.2) is 5.82 Å². The van der Waals surface area contributed by atoms with Crippen LogP contribution in [0.5, 0.6) is 5.75 Å². The molecule has 3 rings (SSSR count). The molecule has 0 radical (unpaired) electrons. The van der Waals surface area contributed by atoms with Crippen molar-refractivity contribution in [3.05, 3.63) is 36.1 Å². The molecule has 1 N–H and O–H groups in total. The molecule has 1 saturated heterocycles. The van der Waals surface area contributed by atoms with E-state index >= 15 is 0 Å². The third-order valence-electron chi connectivity index (χ3n) is 4.05. The standard InChI is InChI=1S/C16H19N3O5S/c1-11-10-15(18-24-11)17-16(20)14-4-3-9-19(14)25(21,22)13-7-5-12(23-2)6-8-13/h5-8,10,14H,3-4,9H2,1-2H3,(H,17,18,20). The fourth-order valence-corrected chi connectivity index (χ4v) is 4.46. The van der Waals surface area contributed by atoms with Crippen LogP contribution in [0, 0.1) is 6.92 Å². The molecule has 1 atom stereocenters. The summed E-state index contributed by atoms with van der Waals surface area (Å²) in [6, 6.07) is 6.91. The lowest BCUT2D eigenvalue weighted by atomic mass is 10.2. The molecule has 9 heteroatoms. The maximum atomic E-state index is 12.9. The highest BCUT2D eigenvalue weighted by molar-refractivity contribution is 7.89. The second-order valence-electron chi connectivity index (χ2n) is 5.76. The van der Waals surface area contributed by atoms with E-state index < -0.39 is 22.0 Å². The van der Waals surface area contributed by atoms with Crippen LogP contribution in [-0.2, 0) is 14.8 Å². The summed E-state index contributed by atoms with van der Waals surface area (Å²) in [6.45, 7) is 2.00. The Morgan fingerprint density at radius 3 is 2.68 bits per heavy atom. The summed E-state index contributed by atoms with van der Waals surface area (Å²) in [5.74, 6) is 0.986. The molecule has 1 amide bonds. The highest BCUT2D eigenvalue weighted by Gasteiger charge is 2.39. The number of nitrogens with zero attached hydrogens (tertiary/aromatic N) is 2. The average Bonchev–Trinajstić information content (AvgIpc) is 3.24. The molecule has 2 aromatic rings. The molecule has 1 aliphatic heterocycles. The van der Waals surface area contributed by atoms with Gasteiger partial charge in [-0.1, -0.05) is 5.16 Å². The van der Waals surface area contributed by atoms with Gasteiger partial charge in [0.1, 0.15) is 17.6 Å². The second kappa shape index (κ2) is 6.85.